The average molecular weight is 362 g/mol. The van der Waals surface area contributed by atoms with Gasteiger partial charge in [0.15, 0.2) is 11.5 Å². The monoisotopic (exact) mass is 362 g/mol. The number of carboxylic acids is 1. The Kier molecular flexibility index (Phi) is 4.69. The van der Waals surface area contributed by atoms with Crippen LogP contribution in [0, 0.1) is 5.92 Å². The average Bonchev–Trinajstić information content (AvgIpc) is 2.91. The molecule has 1 aromatic rings. The molecule has 0 saturated carbocycles. The minimum Gasteiger partial charge on any atom is -0.486 e. The van der Waals surface area contributed by atoms with Gasteiger partial charge in [-0.2, -0.15) is 0 Å². The van der Waals surface area contributed by atoms with E-state index in [0.717, 1.165) is 0 Å². The molecule has 4 rings (SSSR count). The molecular formula is C18H22N2O6. The highest BCUT2D eigenvalue weighted by atomic mass is 16.6. The van der Waals surface area contributed by atoms with Crippen LogP contribution in [-0.2, 0) is 9.53 Å². The van der Waals surface area contributed by atoms with Crippen molar-refractivity contribution in [2.45, 2.75) is 6.04 Å². The predicted molar refractivity (Wildman–Crippen MR) is 90.6 cm³/mol. The number of nitrogens with zero attached hydrogens (tertiary/aromatic N) is 2. The fourth-order valence-corrected chi connectivity index (χ4v) is 3.91. The van der Waals surface area contributed by atoms with E-state index < -0.39 is 5.97 Å². The molecule has 2 fully saturated rings. The Bertz CT molecular complexity index is 709. The number of hydrogen-bond acceptors (Lipinski definition) is 6. The molecule has 2 atom stereocenters. The summed E-state index contributed by atoms with van der Waals surface area (Å²) in [6, 6.07) is 5.15. The number of carbonyl (C=O) groups excluding carboxylic acids is 1. The van der Waals surface area contributed by atoms with Crippen LogP contribution in [0.4, 0.5) is 0 Å². The lowest BCUT2D eigenvalue weighted by atomic mass is 10.1. The van der Waals surface area contributed by atoms with Gasteiger partial charge in [-0.05, 0) is 12.1 Å². The number of rotatable bonds is 3. The maximum absolute atomic E-state index is 13.3. The molecule has 0 aromatic heterocycles. The summed E-state index contributed by atoms with van der Waals surface area (Å²) in [6.45, 7) is 3.44. The number of hydrogen-bond donors (Lipinski definition) is 1. The van der Waals surface area contributed by atoms with Gasteiger partial charge in [-0.25, -0.2) is 0 Å². The minimum atomic E-state index is -0.855. The number of carboxylic acid groups (broad SMARTS) is 1. The van der Waals surface area contributed by atoms with E-state index in [1.165, 1.54) is 0 Å². The summed E-state index contributed by atoms with van der Waals surface area (Å²) in [4.78, 5) is 28.1. The first-order valence-electron chi connectivity index (χ1n) is 8.83. The van der Waals surface area contributed by atoms with Gasteiger partial charge < -0.3 is 24.2 Å². The lowest BCUT2D eigenvalue weighted by Crippen LogP contribution is -2.47. The molecule has 1 N–H and O–H groups in total. The van der Waals surface area contributed by atoms with Gasteiger partial charge in [0.1, 0.15) is 13.2 Å². The molecule has 3 aliphatic heterocycles. The third-order valence-electron chi connectivity index (χ3n) is 4.96. The second kappa shape index (κ2) is 7.13. The molecule has 3 heterocycles. The number of carbonyl (C=O) groups is 2. The minimum absolute atomic E-state index is 0.0211. The molecular weight excluding hydrogens is 340 g/mol. The van der Waals surface area contributed by atoms with Gasteiger partial charge in [0.05, 0.1) is 31.4 Å². The van der Waals surface area contributed by atoms with Gasteiger partial charge >= 0.3 is 5.97 Å². The summed E-state index contributed by atoms with van der Waals surface area (Å²) in [6.07, 6.45) is 0. The zero-order valence-electron chi connectivity index (χ0n) is 14.4. The lowest BCUT2D eigenvalue weighted by Gasteiger charge is -2.31. The highest BCUT2D eigenvalue weighted by Gasteiger charge is 2.37. The molecule has 1 aromatic carbocycles. The topological polar surface area (TPSA) is 88.5 Å². The van der Waals surface area contributed by atoms with Gasteiger partial charge in [-0.15, -0.1) is 0 Å². The van der Waals surface area contributed by atoms with E-state index >= 15 is 0 Å². The van der Waals surface area contributed by atoms with Crippen molar-refractivity contribution < 1.29 is 28.9 Å². The fraction of sp³-hybridized carbons (Fsp3) is 0.556. The third kappa shape index (κ3) is 3.34. The van der Waals surface area contributed by atoms with Crippen molar-refractivity contribution in [1.82, 2.24) is 9.80 Å². The van der Waals surface area contributed by atoms with Crippen LogP contribution in [0.1, 0.15) is 10.4 Å². The molecule has 0 spiro atoms. The molecule has 0 unspecified atom stereocenters. The van der Waals surface area contributed by atoms with Gasteiger partial charge in [-0.1, -0.05) is 6.07 Å². The van der Waals surface area contributed by atoms with Gasteiger partial charge in [0.25, 0.3) is 5.91 Å². The zero-order valence-corrected chi connectivity index (χ0v) is 14.4. The Morgan fingerprint density at radius 1 is 1.12 bits per heavy atom. The second-order valence-corrected chi connectivity index (χ2v) is 6.93. The van der Waals surface area contributed by atoms with Crippen molar-refractivity contribution in [2.75, 3.05) is 52.6 Å². The van der Waals surface area contributed by atoms with E-state index in [9.17, 15) is 9.59 Å². The molecule has 0 aliphatic carbocycles. The van der Waals surface area contributed by atoms with Gasteiger partial charge in [0.2, 0.25) is 0 Å². The molecule has 2 bridgehead atoms. The number of aliphatic carboxylic acids is 1. The van der Waals surface area contributed by atoms with E-state index in [1.54, 1.807) is 18.2 Å². The van der Waals surface area contributed by atoms with Crippen LogP contribution in [0.2, 0.25) is 0 Å². The summed E-state index contributed by atoms with van der Waals surface area (Å²) in [5, 5.41) is 9.12. The summed E-state index contributed by atoms with van der Waals surface area (Å²) in [5.41, 5.74) is 0.486. The zero-order chi connectivity index (χ0) is 18.1. The first kappa shape index (κ1) is 17.1. The van der Waals surface area contributed by atoms with Crippen LogP contribution >= 0.6 is 0 Å². The molecule has 1 amide bonds. The van der Waals surface area contributed by atoms with Crippen molar-refractivity contribution in [1.29, 1.82) is 0 Å². The van der Waals surface area contributed by atoms with Crippen LogP contribution in [0.5, 0.6) is 11.5 Å². The van der Waals surface area contributed by atoms with Crippen LogP contribution < -0.4 is 9.47 Å². The predicted octanol–water partition coefficient (Wildman–Crippen LogP) is 0.315. The van der Waals surface area contributed by atoms with Crippen LogP contribution in [0.3, 0.4) is 0 Å². The number of benzene rings is 1. The summed E-state index contributed by atoms with van der Waals surface area (Å²) in [7, 11) is 0. The van der Waals surface area contributed by atoms with Crippen molar-refractivity contribution in [3.63, 3.8) is 0 Å². The molecule has 3 aliphatic rings. The number of fused-ring (bicyclic) bond motifs is 4. The smallest absolute Gasteiger partial charge is 0.317 e. The SMILES string of the molecule is O=C(O)CN1C[C@@H]2COC[C@H](C1)N(C(=O)c1cccc3c1OCCO3)C2. The maximum atomic E-state index is 13.3. The molecule has 140 valence electrons. The van der Waals surface area contributed by atoms with Crippen LogP contribution in [0.25, 0.3) is 0 Å². The van der Waals surface area contributed by atoms with Crippen molar-refractivity contribution in [2.24, 2.45) is 5.92 Å². The maximum Gasteiger partial charge on any atom is 0.317 e. The molecule has 8 heteroatoms. The summed E-state index contributed by atoms with van der Waals surface area (Å²) >= 11 is 0. The second-order valence-electron chi connectivity index (χ2n) is 6.93. The Morgan fingerprint density at radius 3 is 2.81 bits per heavy atom. The van der Waals surface area contributed by atoms with E-state index in [4.69, 9.17) is 19.3 Å². The first-order chi connectivity index (χ1) is 12.6. The number of ether oxygens (including phenoxy) is 3. The largest absolute Gasteiger partial charge is 0.486 e. The third-order valence-corrected chi connectivity index (χ3v) is 4.96. The lowest BCUT2D eigenvalue weighted by molar-refractivity contribution is -0.138. The summed E-state index contributed by atoms with van der Waals surface area (Å²) < 4.78 is 17.0. The van der Waals surface area contributed by atoms with Crippen LogP contribution in [-0.4, -0.2) is 85.4 Å². The van der Waals surface area contributed by atoms with Crippen LogP contribution in [0.15, 0.2) is 18.2 Å². The van der Waals surface area contributed by atoms with E-state index in [0.29, 0.717) is 63.1 Å². The van der Waals surface area contributed by atoms with Gasteiger partial charge in [0, 0.05) is 25.6 Å². The molecule has 8 nitrogen and oxygen atoms in total. The molecule has 0 radical (unpaired) electrons. The van der Waals surface area contributed by atoms with Crippen molar-refractivity contribution in [3.8, 4) is 11.5 Å². The van der Waals surface area contributed by atoms with E-state index in [2.05, 4.69) is 0 Å². The van der Waals surface area contributed by atoms with Gasteiger partial charge in [-0.3, -0.25) is 14.5 Å². The Morgan fingerprint density at radius 2 is 1.96 bits per heavy atom. The first-order valence-corrected chi connectivity index (χ1v) is 8.83. The Hall–Kier alpha value is -2.32. The summed E-state index contributed by atoms with van der Waals surface area (Å²) in [5.74, 6) is 0.188. The van der Waals surface area contributed by atoms with Crippen molar-refractivity contribution in [3.05, 3.63) is 23.8 Å². The fourth-order valence-electron chi connectivity index (χ4n) is 3.91. The van der Waals surface area contributed by atoms with E-state index in [1.807, 2.05) is 9.80 Å². The van der Waals surface area contributed by atoms with Crippen molar-refractivity contribution >= 4 is 11.9 Å². The molecule has 26 heavy (non-hydrogen) atoms. The molecule has 2 saturated heterocycles. The number of para-hydroxylation sites is 1. The van der Waals surface area contributed by atoms with E-state index in [-0.39, 0.29) is 24.4 Å². The normalized spacial score (nSPS) is 25.5. The Balaban J connectivity index is 1.61. The highest BCUT2D eigenvalue weighted by Crippen LogP contribution is 2.35. The highest BCUT2D eigenvalue weighted by molar-refractivity contribution is 5.98. The Labute approximate surface area is 151 Å². The standard InChI is InChI=1S/C18H22N2O6/c21-16(22)9-19-6-12-7-20(13(8-19)11-24-10-12)18(23)14-2-1-3-15-17(14)26-5-4-25-15/h1-3,12-13H,4-11H2,(H,21,22)/t12-,13-/m0/s1. The number of amides is 1. The quantitative estimate of drug-likeness (QED) is 0.828.